The molecule has 0 radical (unpaired) electrons. The van der Waals surface area contributed by atoms with Gasteiger partial charge in [-0.25, -0.2) is 0 Å². The lowest BCUT2D eigenvalue weighted by Crippen LogP contribution is -2.37. The summed E-state index contributed by atoms with van der Waals surface area (Å²) in [6.07, 6.45) is 6.89. The van der Waals surface area contributed by atoms with Gasteiger partial charge in [-0.1, -0.05) is 46.5 Å². The summed E-state index contributed by atoms with van der Waals surface area (Å²) in [6.45, 7) is 11.5. The van der Waals surface area contributed by atoms with Crippen LogP contribution in [0.2, 0.25) is 18.6 Å². The molecule has 0 aromatic heterocycles. The van der Waals surface area contributed by atoms with Crippen LogP contribution in [-0.2, 0) is 4.43 Å². The number of unbranched alkanes of at least 4 members (excludes halogenated alkanes) is 1. The Morgan fingerprint density at radius 2 is 1.53 bits per heavy atom. The molecule has 0 amide bonds. The molecular weight excluding hydrogens is 200 g/mol. The van der Waals surface area contributed by atoms with Crippen molar-refractivity contribution in [3.8, 4) is 0 Å². The zero-order valence-electron chi connectivity index (χ0n) is 11.4. The van der Waals surface area contributed by atoms with Crippen molar-refractivity contribution in [3.63, 3.8) is 0 Å². The van der Waals surface area contributed by atoms with Crippen molar-refractivity contribution < 1.29 is 4.43 Å². The Labute approximate surface area is 97.7 Å². The average Bonchev–Trinajstić information content (AvgIpc) is 2.15. The van der Waals surface area contributed by atoms with Gasteiger partial charge in [-0.05, 0) is 32.0 Å². The fourth-order valence-corrected chi connectivity index (χ4v) is 6.03. The summed E-state index contributed by atoms with van der Waals surface area (Å²) in [7, 11) is -1.36. The molecule has 0 saturated carbocycles. The van der Waals surface area contributed by atoms with Gasteiger partial charge in [-0.2, -0.15) is 0 Å². The molecule has 2 heteroatoms. The van der Waals surface area contributed by atoms with Crippen molar-refractivity contribution in [1.82, 2.24) is 0 Å². The first-order valence-electron chi connectivity index (χ1n) is 6.75. The highest BCUT2D eigenvalue weighted by molar-refractivity contribution is 6.72. The molecule has 0 bridgehead atoms. The second kappa shape index (κ2) is 8.34. The fraction of sp³-hybridized carbons (Fsp3) is 1.00. The van der Waals surface area contributed by atoms with E-state index in [9.17, 15) is 0 Å². The quantitative estimate of drug-likeness (QED) is 0.508. The molecule has 0 fully saturated rings. The van der Waals surface area contributed by atoms with E-state index in [1.54, 1.807) is 0 Å². The standard InChI is InChI=1S/C13H30OSi/c1-6-9-10-13(4)14-15(5,11-7-2)12-8-3/h13H,6-12H2,1-5H3. The molecule has 0 spiro atoms. The van der Waals surface area contributed by atoms with Gasteiger partial charge in [0.05, 0.1) is 0 Å². The maximum Gasteiger partial charge on any atom is 0.190 e. The molecule has 0 aromatic carbocycles. The van der Waals surface area contributed by atoms with Crippen molar-refractivity contribution in [3.05, 3.63) is 0 Å². The predicted molar refractivity (Wildman–Crippen MR) is 71.9 cm³/mol. The van der Waals surface area contributed by atoms with Crippen LogP contribution in [0.4, 0.5) is 0 Å². The van der Waals surface area contributed by atoms with E-state index in [1.807, 2.05) is 0 Å². The monoisotopic (exact) mass is 230 g/mol. The van der Waals surface area contributed by atoms with E-state index in [2.05, 4.69) is 34.2 Å². The third-order valence-corrected chi connectivity index (χ3v) is 7.09. The largest absolute Gasteiger partial charge is 0.414 e. The molecule has 0 rings (SSSR count). The summed E-state index contributed by atoms with van der Waals surface area (Å²) in [5, 5.41) is 0. The van der Waals surface area contributed by atoms with Crippen LogP contribution in [-0.4, -0.2) is 14.4 Å². The third-order valence-electron chi connectivity index (χ3n) is 3.01. The number of hydrogen-bond acceptors (Lipinski definition) is 1. The first-order valence-corrected chi connectivity index (χ1v) is 9.58. The van der Waals surface area contributed by atoms with Gasteiger partial charge in [0.15, 0.2) is 8.32 Å². The van der Waals surface area contributed by atoms with Gasteiger partial charge < -0.3 is 4.43 Å². The third kappa shape index (κ3) is 7.12. The minimum atomic E-state index is -1.36. The van der Waals surface area contributed by atoms with Crippen LogP contribution < -0.4 is 0 Å². The Hall–Kier alpha value is 0.177. The molecule has 0 aliphatic carbocycles. The van der Waals surface area contributed by atoms with Crippen LogP contribution in [0.1, 0.15) is 59.8 Å². The van der Waals surface area contributed by atoms with Gasteiger partial charge in [0.1, 0.15) is 0 Å². The first kappa shape index (κ1) is 15.2. The SMILES string of the molecule is CCCCC(C)O[Si](C)(CCC)CCC. The van der Waals surface area contributed by atoms with Gasteiger partial charge in [-0.15, -0.1) is 0 Å². The zero-order chi connectivity index (χ0) is 11.7. The lowest BCUT2D eigenvalue weighted by atomic mass is 10.2. The van der Waals surface area contributed by atoms with Gasteiger partial charge in [-0.3, -0.25) is 0 Å². The molecule has 1 nitrogen and oxygen atoms in total. The van der Waals surface area contributed by atoms with Gasteiger partial charge in [0, 0.05) is 6.10 Å². The predicted octanol–water partition coefficient (Wildman–Crippen LogP) is 4.98. The molecule has 0 aliphatic heterocycles. The highest BCUT2D eigenvalue weighted by atomic mass is 28.4. The lowest BCUT2D eigenvalue weighted by Gasteiger charge is -2.30. The molecule has 0 aromatic rings. The van der Waals surface area contributed by atoms with E-state index in [0.29, 0.717) is 6.10 Å². The van der Waals surface area contributed by atoms with E-state index in [1.165, 1.54) is 44.2 Å². The molecule has 15 heavy (non-hydrogen) atoms. The first-order chi connectivity index (χ1) is 7.08. The molecule has 1 unspecified atom stereocenters. The number of hydrogen-bond donors (Lipinski definition) is 0. The molecule has 1 atom stereocenters. The summed E-state index contributed by atoms with van der Waals surface area (Å²) >= 11 is 0. The van der Waals surface area contributed by atoms with Crippen LogP contribution in [0.3, 0.4) is 0 Å². The Morgan fingerprint density at radius 3 is 1.93 bits per heavy atom. The van der Waals surface area contributed by atoms with Gasteiger partial charge >= 0.3 is 0 Å². The summed E-state index contributed by atoms with van der Waals surface area (Å²) in [6, 6.07) is 2.66. The molecule has 92 valence electrons. The van der Waals surface area contributed by atoms with E-state index in [4.69, 9.17) is 4.43 Å². The Bertz CT molecular complexity index is 141. The van der Waals surface area contributed by atoms with Crippen LogP contribution in [0.15, 0.2) is 0 Å². The Kier molecular flexibility index (Phi) is 8.44. The lowest BCUT2D eigenvalue weighted by molar-refractivity contribution is 0.193. The summed E-state index contributed by atoms with van der Waals surface area (Å²) < 4.78 is 6.36. The van der Waals surface area contributed by atoms with Gasteiger partial charge in [0.2, 0.25) is 0 Å². The highest BCUT2D eigenvalue weighted by Crippen LogP contribution is 2.24. The summed E-state index contributed by atoms with van der Waals surface area (Å²) in [5.41, 5.74) is 0. The minimum absolute atomic E-state index is 0.486. The number of rotatable bonds is 9. The summed E-state index contributed by atoms with van der Waals surface area (Å²) in [5.74, 6) is 0. The maximum atomic E-state index is 6.36. The smallest absolute Gasteiger partial charge is 0.190 e. The molecule has 0 N–H and O–H groups in total. The Balaban J connectivity index is 4.02. The second-order valence-corrected chi connectivity index (χ2v) is 9.16. The van der Waals surface area contributed by atoms with Crippen molar-refractivity contribution in [2.75, 3.05) is 0 Å². The van der Waals surface area contributed by atoms with E-state index >= 15 is 0 Å². The second-order valence-electron chi connectivity index (χ2n) is 5.02. The van der Waals surface area contributed by atoms with Crippen LogP contribution >= 0.6 is 0 Å². The average molecular weight is 230 g/mol. The van der Waals surface area contributed by atoms with Crippen molar-refractivity contribution in [1.29, 1.82) is 0 Å². The maximum absolute atomic E-state index is 6.36. The molecule has 0 heterocycles. The topological polar surface area (TPSA) is 9.23 Å². The normalized spacial score (nSPS) is 14.2. The van der Waals surface area contributed by atoms with Crippen molar-refractivity contribution >= 4 is 8.32 Å². The summed E-state index contributed by atoms with van der Waals surface area (Å²) in [4.78, 5) is 0. The van der Waals surface area contributed by atoms with E-state index < -0.39 is 8.32 Å². The molecule has 0 aliphatic rings. The van der Waals surface area contributed by atoms with Gasteiger partial charge in [0.25, 0.3) is 0 Å². The van der Waals surface area contributed by atoms with E-state index in [-0.39, 0.29) is 0 Å². The van der Waals surface area contributed by atoms with Crippen molar-refractivity contribution in [2.45, 2.75) is 84.5 Å². The van der Waals surface area contributed by atoms with Crippen LogP contribution in [0.5, 0.6) is 0 Å². The minimum Gasteiger partial charge on any atom is -0.414 e. The van der Waals surface area contributed by atoms with Crippen LogP contribution in [0, 0.1) is 0 Å². The highest BCUT2D eigenvalue weighted by Gasteiger charge is 2.28. The molecular formula is C13H30OSi. The van der Waals surface area contributed by atoms with Crippen molar-refractivity contribution in [2.24, 2.45) is 0 Å². The molecule has 0 saturated heterocycles. The Morgan fingerprint density at radius 1 is 1.00 bits per heavy atom. The zero-order valence-corrected chi connectivity index (χ0v) is 12.4. The van der Waals surface area contributed by atoms with Crippen LogP contribution in [0.25, 0.3) is 0 Å². The van der Waals surface area contributed by atoms with E-state index in [0.717, 1.165) is 0 Å². The fourth-order valence-electron chi connectivity index (χ4n) is 2.34.